The summed E-state index contributed by atoms with van der Waals surface area (Å²) in [5.74, 6) is 0.296. The van der Waals surface area contributed by atoms with Crippen LogP contribution in [0.5, 0.6) is 5.75 Å². The summed E-state index contributed by atoms with van der Waals surface area (Å²) in [7, 11) is 0. The second-order valence-electron chi connectivity index (χ2n) is 8.42. The number of hydrogen-bond acceptors (Lipinski definition) is 6. The number of phenols is 1. The topological polar surface area (TPSA) is 121 Å². The van der Waals surface area contributed by atoms with Crippen LogP contribution in [0.1, 0.15) is 65.5 Å². The zero-order chi connectivity index (χ0) is 22.0. The van der Waals surface area contributed by atoms with E-state index in [-0.39, 0.29) is 30.3 Å². The van der Waals surface area contributed by atoms with Crippen molar-refractivity contribution in [2.75, 3.05) is 6.61 Å². The zero-order valence-electron chi connectivity index (χ0n) is 17.4. The Bertz CT molecular complexity index is 850. The minimum absolute atomic E-state index is 0.126. The number of fused-ring (bicyclic) bond motifs is 1. The monoisotopic (exact) mass is 416 g/mol. The predicted molar refractivity (Wildman–Crippen MR) is 113 cm³/mol. The fourth-order valence-electron chi connectivity index (χ4n) is 4.63. The maximum atomic E-state index is 10.8. The van der Waals surface area contributed by atoms with E-state index in [1.807, 2.05) is 6.07 Å². The smallest absolute Gasteiger partial charge is 0.121 e. The third-order valence-electron chi connectivity index (χ3n) is 6.46. The summed E-state index contributed by atoms with van der Waals surface area (Å²) in [6, 6.07) is 11.8. The number of benzene rings is 2. The van der Waals surface area contributed by atoms with Gasteiger partial charge in [0.15, 0.2) is 0 Å². The number of aryl methyl sites for hydroxylation is 1. The second kappa shape index (κ2) is 9.45. The summed E-state index contributed by atoms with van der Waals surface area (Å²) in [4.78, 5) is 0. The molecule has 1 aliphatic rings. The molecule has 1 aliphatic carbocycles. The third kappa shape index (κ3) is 4.38. The van der Waals surface area contributed by atoms with E-state index in [1.54, 1.807) is 0 Å². The van der Waals surface area contributed by atoms with Crippen molar-refractivity contribution in [2.24, 2.45) is 0 Å². The van der Waals surface area contributed by atoms with Gasteiger partial charge in [-0.05, 0) is 60.8 Å². The highest BCUT2D eigenvalue weighted by atomic mass is 16.4. The molecule has 0 amide bonds. The van der Waals surface area contributed by atoms with Gasteiger partial charge in [0.2, 0.25) is 0 Å². The van der Waals surface area contributed by atoms with Crippen molar-refractivity contribution in [1.82, 2.24) is 0 Å². The van der Waals surface area contributed by atoms with Gasteiger partial charge in [0.05, 0.1) is 6.10 Å². The van der Waals surface area contributed by atoms with Gasteiger partial charge < -0.3 is 30.6 Å². The van der Waals surface area contributed by atoms with Gasteiger partial charge in [-0.3, -0.25) is 0 Å². The molecule has 6 unspecified atom stereocenters. The Morgan fingerprint density at radius 2 is 1.63 bits per heavy atom. The highest BCUT2D eigenvalue weighted by molar-refractivity contribution is 5.50. The summed E-state index contributed by atoms with van der Waals surface area (Å²) < 4.78 is 0. The molecule has 30 heavy (non-hydrogen) atoms. The molecular formula is C24H32O6. The standard InChI is InChI=1S/C24H32O6/c1-13-3-5-15(6-4-13)16-7-8-18-17(14(16)2)9-10-19(26)21(18)23(29)24(30)22(28)20(27)11-12-25/h3-6,9-10,14,16,20,22-30H,7-8,11-12H2,1-2H3. The summed E-state index contributed by atoms with van der Waals surface area (Å²) in [5.41, 5.74) is 4.42. The first-order valence-electron chi connectivity index (χ1n) is 10.5. The molecule has 3 rings (SSSR count). The van der Waals surface area contributed by atoms with Gasteiger partial charge in [0.25, 0.3) is 0 Å². The summed E-state index contributed by atoms with van der Waals surface area (Å²) in [5, 5.41) is 60.6. The SMILES string of the molecule is Cc1ccc(C2CCc3c(ccc(O)c3C(O)C(O)C(O)C(O)CCO)C2C)cc1. The number of rotatable bonds is 7. The molecule has 6 heteroatoms. The first kappa shape index (κ1) is 22.7. The zero-order valence-corrected chi connectivity index (χ0v) is 17.4. The van der Waals surface area contributed by atoms with Crippen LogP contribution in [0, 0.1) is 6.92 Å². The first-order valence-corrected chi connectivity index (χ1v) is 10.5. The number of aliphatic hydroxyl groups is 5. The molecule has 0 spiro atoms. The van der Waals surface area contributed by atoms with Crippen molar-refractivity contribution in [2.45, 2.75) is 69.4 Å². The van der Waals surface area contributed by atoms with E-state index in [2.05, 4.69) is 38.1 Å². The van der Waals surface area contributed by atoms with Crippen molar-refractivity contribution >= 4 is 0 Å². The highest BCUT2D eigenvalue weighted by Crippen LogP contribution is 2.46. The highest BCUT2D eigenvalue weighted by Gasteiger charge is 2.36. The molecule has 0 saturated carbocycles. The van der Waals surface area contributed by atoms with E-state index in [9.17, 15) is 25.5 Å². The normalized spacial score (nSPS) is 22.8. The van der Waals surface area contributed by atoms with Crippen LogP contribution in [0.4, 0.5) is 0 Å². The fourth-order valence-corrected chi connectivity index (χ4v) is 4.63. The van der Waals surface area contributed by atoms with E-state index in [0.29, 0.717) is 12.3 Å². The minimum Gasteiger partial charge on any atom is -0.508 e. The van der Waals surface area contributed by atoms with Crippen LogP contribution in [-0.4, -0.2) is 55.6 Å². The molecular weight excluding hydrogens is 384 g/mol. The Morgan fingerprint density at radius 1 is 0.967 bits per heavy atom. The van der Waals surface area contributed by atoms with Crippen molar-refractivity contribution in [3.05, 3.63) is 64.2 Å². The number of phenolic OH excluding ortho intramolecular Hbond substituents is 1. The van der Waals surface area contributed by atoms with Crippen LogP contribution in [0.15, 0.2) is 36.4 Å². The van der Waals surface area contributed by atoms with Crippen LogP contribution in [0.2, 0.25) is 0 Å². The molecule has 0 saturated heterocycles. The number of hydrogen-bond donors (Lipinski definition) is 6. The first-order chi connectivity index (χ1) is 14.3. The molecule has 2 aromatic carbocycles. The molecule has 0 heterocycles. The molecule has 0 bridgehead atoms. The molecule has 2 aromatic rings. The lowest BCUT2D eigenvalue weighted by Gasteiger charge is -2.35. The third-order valence-corrected chi connectivity index (χ3v) is 6.46. The van der Waals surface area contributed by atoms with Gasteiger partial charge in [-0.2, -0.15) is 0 Å². The van der Waals surface area contributed by atoms with E-state index in [4.69, 9.17) is 5.11 Å². The van der Waals surface area contributed by atoms with E-state index >= 15 is 0 Å². The van der Waals surface area contributed by atoms with Crippen molar-refractivity contribution in [1.29, 1.82) is 0 Å². The van der Waals surface area contributed by atoms with Crippen LogP contribution >= 0.6 is 0 Å². The van der Waals surface area contributed by atoms with Crippen molar-refractivity contribution < 1.29 is 30.6 Å². The second-order valence-corrected chi connectivity index (χ2v) is 8.42. The Balaban J connectivity index is 1.91. The molecule has 164 valence electrons. The molecule has 0 aromatic heterocycles. The van der Waals surface area contributed by atoms with E-state index < -0.39 is 24.4 Å². The summed E-state index contributed by atoms with van der Waals surface area (Å²) in [6.07, 6.45) is -4.98. The Kier molecular flexibility index (Phi) is 7.16. The average molecular weight is 417 g/mol. The van der Waals surface area contributed by atoms with Crippen LogP contribution < -0.4 is 0 Å². The van der Waals surface area contributed by atoms with Crippen LogP contribution in [-0.2, 0) is 6.42 Å². The van der Waals surface area contributed by atoms with Crippen molar-refractivity contribution in [3.63, 3.8) is 0 Å². The van der Waals surface area contributed by atoms with Gasteiger partial charge in [-0.15, -0.1) is 0 Å². The van der Waals surface area contributed by atoms with Gasteiger partial charge in [0, 0.05) is 12.2 Å². The van der Waals surface area contributed by atoms with Crippen molar-refractivity contribution in [3.8, 4) is 5.75 Å². The average Bonchev–Trinajstić information content (AvgIpc) is 2.73. The Labute approximate surface area is 177 Å². The lowest BCUT2D eigenvalue weighted by Crippen LogP contribution is -2.41. The van der Waals surface area contributed by atoms with E-state index in [1.165, 1.54) is 17.2 Å². The Morgan fingerprint density at radius 3 is 2.27 bits per heavy atom. The number of aromatic hydroxyl groups is 1. The number of aliphatic hydroxyl groups excluding tert-OH is 5. The summed E-state index contributed by atoms with van der Waals surface area (Å²) in [6.45, 7) is 3.81. The van der Waals surface area contributed by atoms with E-state index in [0.717, 1.165) is 17.5 Å². The predicted octanol–water partition coefficient (Wildman–Crippen LogP) is 2.03. The maximum absolute atomic E-state index is 10.8. The molecule has 6 atom stereocenters. The lowest BCUT2D eigenvalue weighted by atomic mass is 9.71. The maximum Gasteiger partial charge on any atom is 0.121 e. The fraction of sp³-hybridized carbons (Fsp3) is 0.500. The largest absolute Gasteiger partial charge is 0.508 e. The quantitative estimate of drug-likeness (QED) is 0.411. The minimum atomic E-state index is -1.70. The van der Waals surface area contributed by atoms with Crippen LogP contribution in [0.25, 0.3) is 0 Å². The van der Waals surface area contributed by atoms with Crippen LogP contribution in [0.3, 0.4) is 0 Å². The van der Waals surface area contributed by atoms with Gasteiger partial charge in [-0.25, -0.2) is 0 Å². The molecule has 0 radical (unpaired) electrons. The molecule has 0 aliphatic heterocycles. The van der Waals surface area contributed by atoms with Gasteiger partial charge in [-0.1, -0.05) is 42.8 Å². The molecule has 0 fully saturated rings. The Hall–Kier alpha value is -1.96. The van der Waals surface area contributed by atoms with Gasteiger partial charge in [0.1, 0.15) is 24.1 Å². The summed E-state index contributed by atoms with van der Waals surface area (Å²) >= 11 is 0. The molecule has 6 N–H and O–H groups in total. The van der Waals surface area contributed by atoms with Gasteiger partial charge >= 0.3 is 0 Å². The molecule has 6 nitrogen and oxygen atoms in total. The lowest BCUT2D eigenvalue weighted by molar-refractivity contribution is -0.110.